The number of amidine groups is 1. The molecule has 0 atom stereocenters. The minimum Gasteiger partial charge on any atom is -0.372 e. The highest BCUT2D eigenvalue weighted by Crippen LogP contribution is 1.93. The molecule has 0 amide bonds. The summed E-state index contributed by atoms with van der Waals surface area (Å²) >= 11 is 0. The maximum Gasteiger partial charge on any atom is 0.0964 e. The van der Waals surface area contributed by atoms with Crippen molar-refractivity contribution in [3.8, 4) is 0 Å². The van der Waals surface area contributed by atoms with Gasteiger partial charge >= 0.3 is 0 Å². The first-order valence-electron chi connectivity index (χ1n) is 3.20. The summed E-state index contributed by atoms with van der Waals surface area (Å²) < 4.78 is 0. The standard InChI is InChI=1S/C6H12N2.H2/c1-2-3-6-7-4-5-8-6;/h2-5H2,1H3,(H,7,8);1H. The van der Waals surface area contributed by atoms with Crippen LogP contribution in [-0.2, 0) is 0 Å². The first kappa shape index (κ1) is 5.60. The van der Waals surface area contributed by atoms with Gasteiger partial charge in [0.15, 0.2) is 0 Å². The van der Waals surface area contributed by atoms with Gasteiger partial charge in [-0.1, -0.05) is 6.92 Å². The molecular formula is C6H14N2. The summed E-state index contributed by atoms with van der Waals surface area (Å²) in [6.07, 6.45) is 2.33. The zero-order valence-corrected chi connectivity index (χ0v) is 5.28. The number of aliphatic imine (C=N–C) groups is 1. The Morgan fingerprint density at radius 2 is 2.75 bits per heavy atom. The molecule has 0 saturated heterocycles. The van der Waals surface area contributed by atoms with Crippen LogP contribution in [0.1, 0.15) is 21.2 Å². The van der Waals surface area contributed by atoms with Gasteiger partial charge in [0.25, 0.3) is 0 Å². The largest absolute Gasteiger partial charge is 0.372 e. The molecule has 1 aliphatic rings. The lowest BCUT2D eigenvalue weighted by molar-refractivity contribution is 0.921. The van der Waals surface area contributed by atoms with Crippen LogP contribution in [0.2, 0.25) is 0 Å². The van der Waals surface area contributed by atoms with Gasteiger partial charge in [0.1, 0.15) is 0 Å². The van der Waals surface area contributed by atoms with Crippen molar-refractivity contribution >= 4 is 5.84 Å². The molecule has 0 aromatic carbocycles. The van der Waals surface area contributed by atoms with Gasteiger partial charge in [-0.3, -0.25) is 4.99 Å². The van der Waals surface area contributed by atoms with Gasteiger partial charge in [-0.25, -0.2) is 0 Å². The maximum atomic E-state index is 4.23. The molecule has 0 unspecified atom stereocenters. The van der Waals surface area contributed by atoms with Crippen LogP contribution in [0, 0.1) is 0 Å². The van der Waals surface area contributed by atoms with E-state index in [2.05, 4.69) is 17.2 Å². The summed E-state index contributed by atoms with van der Waals surface area (Å²) in [5.41, 5.74) is 0. The van der Waals surface area contributed by atoms with Crippen molar-refractivity contribution in [2.75, 3.05) is 13.1 Å². The van der Waals surface area contributed by atoms with Crippen LogP contribution in [0.5, 0.6) is 0 Å². The SMILES string of the molecule is CCCC1=NCCN1.[HH]. The number of nitrogens with zero attached hydrogens (tertiary/aromatic N) is 1. The Bertz CT molecular complexity index is 101. The summed E-state index contributed by atoms with van der Waals surface area (Å²) in [6, 6.07) is 0. The van der Waals surface area contributed by atoms with Gasteiger partial charge in [-0.2, -0.15) is 0 Å². The predicted octanol–water partition coefficient (Wildman–Crippen LogP) is 1.03. The summed E-state index contributed by atoms with van der Waals surface area (Å²) in [5.74, 6) is 1.20. The topological polar surface area (TPSA) is 24.4 Å². The van der Waals surface area contributed by atoms with Crippen LogP contribution < -0.4 is 5.32 Å². The fourth-order valence-electron chi connectivity index (χ4n) is 0.851. The lowest BCUT2D eigenvalue weighted by atomic mass is 10.3. The average Bonchev–Trinajstić information content (AvgIpc) is 2.19. The summed E-state index contributed by atoms with van der Waals surface area (Å²) in [4.78, 5) is 4.23. The van der Waals surface area contributed by atoms with E-state index in [0.29, 0.717) is 0 Å². The molecule has 0 aliphatic carbocycles. The zero-order valence-electron chi connectivity index (χ0n) is 5.28. The van der Waals surface area contributed by atoms with Gasteiger partial charge in [0.2, 0.25) is 0 Å². The third-order valence-electron chi connectivity index (χ3n) is 1.23. The highest BCUT2D eigenvalue weighted by molar-refractivity contribution is 5.83. The summed E-state index contributed by atoms with van der Waals surface area (Å²) in [7, 11) is 0. The molecule has 0 aromatic rings. The Labute approximate surface area is 51.5 Å². The Morgan fingerprint density at radius 3 is 3.25 bits per heavy atom. The van der Waals surface area contributed by atoms with Gasteiger partial charge in [0.05, 0.1) is 12.4 Å². The third kappa shape index (κ3) is 1.22. The molecule has 0 saturated carbocycles. The monoisotopic (exact) mass is 114 g/mol. The first-order valence-corrected chi connectivity index (χ1v) is 3.20. The lowest BCUT2D eigenvalue weighted by Gasteiger charge is -1.95. The van der Waals surface area contributed by atoms with Crippen LogP contribution in [0.3, 0.4) is 0 Å². The van der Waals surface area contributed by atoms with Crippen LogP contribution in [0.4, 0.5) is 0 Å². The van der Waals surface area contributed by atoms with E-state index in [1.54, 1.807) is 0 Å². The van der Waals surface area contributed by atoms with Crippen LogP contribution >= 0.6 is 0 Å². The molecule has 48 valence electrons. The van der Waals surface area contributed by atoms with Crippen molar-refractivity contribution in [1.82, 2.24) is 5.32 Å². The van der Waals surface area contributed by atoms with E-state index >= 15 is 0 Å². The molecule has 2 heteroatoms. The van der Waals surface area contributed by atoms with Crippen LogP contribution in [0.15, 0.2) is 4.99 Å². The normalized spacial score (nSPS) is 17.9. The predicted molar refractivity (Wildman–Crippen MR) is 37.3 cm³/mol. The second-order valence-electron chi connectivity index (χ2n) is 2.01. The van der Waals surface area contributed by atoms with Gasteiger partial charge in [0, 0.05) is 14.4 Å². The van der Waals surface area contributed by atoms with E-state index in [0.717, 1.165) is 19.5 Å². The molecule has 0 aromatic heterocycles. The number of hydrogen-bond donors (Lipinski definition) is 1. The van der Waals surface area contributed by atoms with Crippen molar-refractivity contribution in [2.45, 2.75) is 19.8 Å². The minimum atomic E-state index is 0. The third-order valence-corrected chi connectivity index (χ3v) is 1.23. The van der Waals surface area contributed by atoms with Crippen molar-refractivity contribution < 1.29 is 1.43 Å². The average molecular weight is 114 g/mol. The number of nitrogens with one attached hydrogen (secondary N) is 1. The zero-order chi connectivity index (χ0) is 5.82. The van der Waals surface area contributed by atoms with Crippen LogP contribution in [0.25, 0.3) is 0 Å². The Balaban J connectivity index is 0.000000640. The van der Waals surface area contributed by atoms with E-state index in [-0.39, 0.29) is 1.43 Å². The van der Waals surface area contributed by atoms with Crippen molar-refractivity contribution in [3.05, 3.63) is 0 Å². The second-order valence-corrected chi connectivity index (χ2v) is 2.01. The molecule has 2 nitrogen and oxygen atoms in total. The molecular weight excluding hydrogens is 100 g/mol. The first-order chi connectivity index (χ1) is 3.93. The summed E-state index contributed by atoms with van der Waals surface area (Å²) in [6.45, 7) is 4.20. The quantitative estimate of drug-likeness (QED) is 0.569. The smallest absolute Gasteiger partial charge is 0.0964 e. The van der Waals surface area contributed by atoms with E-state index in [9.17, 15) is 0 Å². The van der Waals surface area contributed by atoms with E-state index in [1.165, 1.54) is 12.3 Å². The molecule has 8 heavy (non-hydrogen) atoms. The summed E-state index contributed by atoms with van der Waals surface area (Å²) in [5, 5.41) is 3.21. The van der Waals surface area contributed by atoms with Gasteiger partial charge < -0.3 is 5.32 Å². The van der Waals surface area contributed by atoms with Gasteiger partial charge in [-0.15, -0.1) is 0 Å². The minimum absolute atomic E-state index is 0. The van der Waals surface area contributed by atoms with E-state index in [1.807, 2.05) is 0 Å². The molecule has 0 radical (unpaired) electrons. The fourth-order valence-corrected chi connectivity index (χ4v) is 0.851. The van der Waals surface area contributed by atoms with Crippen molar-refractivity contribution in [3.63, 3.8) is 0 Å². The Morgan fingerprint density at radius 1 is 1.88 bits per heavy atom. The molecule has 1 heterocycles. The number of hydrogen-bond acceptors (Lipinski definition) is 2. The van der Waals surface area contributed by atoms with Crippen LogP contribution in [-0.4, -0.2) is 18.9 Å². The van der Waals surface area contributed by atoms with E-state index < -0.39 is 0 Å². The molecule has 1 aliphatic heterocycles. The maximum absolute atomic E-state index is 4.23. The fraction of sp³-hybridized carbons (Fsp3) is 0.833. The van der Waals surface area contributed by atoms with E-state index in [4.69, 9.17) is 0 Å². The molecule has 1 rings (SSSR count). The highest BCUT2D eigenvalue weighted by atomic mass is 15.1. The molecule has 0 spiro atoms. The van der Waals surface area contributed by atoms with Gasteiger partial charge in [-0.05, 0) is 6.42 Å². The second kappa shape index (κ2) is 2.70. The van der Waals surface area contributed by atoms with Crippen molar-refractivity contribution in [2.24, 2.45) is 4.99 Å². The Kier molecular flexibility index (Phi) is 1.89. The van der Waals surface area contributed by atoms with Crippen molar-refractivity contribution in [1.29, 1.82) is 0 Å². The highest BCUT2D eigenvalue weighted by Gasteiger charge is 2.00. The molecule has 0 fully saturated rings. The molecule has 0 bridgehead atoms. The molecule has 1 N–H and O–H groups in total. The Hall–Kier alpha value is -0.530. The number of rotatable bonds is 2. The lowest BCUT2D eigenvalue weighted by Crippen LogP contribution is -2.17.